The van der Waals surface area contributed by atoms with E-state index in [0.717, 1.165) is 12.8 Å². The average molecular weight is 248 g/mol. The van der Waals surface area contributed by atoms with Gasteiger partial charge in [-0.15, -0.1) is 0 Å². The first-order chi connectivity index (χ1) is 8.51. The molecule has 0 unspecified atom stereocenters. The van der Waals surface area contributed by atoms with Gasteiger partial charge in [0.2, 0.25) is 0 Å². The molecule has 0 amide bonds. The number of carbonyl (C=O) groups is 1. The van der Waals surface area contributed by atoms with Gasteiger partial charge >= 0.3 is 12.1 Å². The van der Waals surface area contributed by atoms with Crippen LogP contribution in [0, 0.1) is 12.3 Å². The van der Waals surface area contributed by atoms with E-state index in [1.54, 1.807) is 0 Å². The monoisotopic (exact) mass is 248 g/mol. The Balaban J connectivity index is 0.000000492. The second-order valence-corrected chi connectivity index (χ2v) is 4.57. The van der Waals surface area contributed by atoms with E-state index in [1.165, 1.54) is 11.1 Å². The Bertz CT molecular complexity index is 457. The molecule has 0 aromatic heterocycles. The minimum absolute atomic E-state index is 0.223. The molecular weight excluding hydrogens is 232 g/mol. The zero-order valence-corrected chi connectivity index (χ0v) is 10.5. The number of aliphatic carboxylic acids is 1. The van der Waals surface area contributed by atoms with Gasteiger partial charge < -0.3 is 5.11 Å². The number of carboxylic acid groups (broad SMARTS) is 1. The van der Waals surface area contributed by atoms with Crippen LogP contribution in [0.25, 0.3) is 0 Å². The fraction of sp³-hybridized carbons (Fsp3) is 0.429. The first-order valence-corrected chi connectivity index (χ1v) is 5.81. The summed E-state index contributed by atoms with van der Waals surface area (Å²) < 4.78 is 0. The van der Waals surface area contributed by atoms with Crippen molar-refractivity contribution in [3.63, 3.8) is 0 Å². The first-order valence-electron chi connectivity index (χ1n) is 5.81. The average Bonchev–Trinajstić information content (AvgIpc) is 3.07. The fourth-order valence-electron chi connectivity index (χ4n) is 2.32. The third-order valence-electron chi connectivity index (χ3n) is 3.61. The molecule has 1 N–H and O–H groups in total. The van der Waals surface area contributed by atoms with Gasteiger partial charge in [0.1, 0.15) is 0 Å². The van der Waals surface area contributed by atoms with Crippen LogP contribution >= 0.6 is 0 Å². The van der Waals surface area contributed by atoms with Gasteiger partial charge in [-0.2, -0.15) is 9.59 Å². The van der Waals surface area contributed by atoms with Gasteiger partial charge in [-0.1, -0.05) is 36.8 Å². The predicted octanol–water partition coefficient (Wildman–Crippen LogP) is 2.38. The molecule has 4 nitrogen and oxygen atoms in total. The number of hydrogen-bond donors (Lipinski definition) is 1. The molecule has 0 heterocycles. The van der Waals surface area contributed by atoms with Crippen molar-refractivity contribution in [3.8, 4) is 0 Å². The molecule has 0 radical (unpaired) electrons. The van der Waals surface area contributed by atoms with Crippen LogP contribution in [0.3, 0.4) is 0 Å². The number of benzene rings is 1. The maximum atomic E-state index is 11.2. The summed E-state index contributed by atoms with van der Waals surface area (Å²) in [5, 5.41) is 9.19. The highest BCUT2D eigenvalue weighted by Gasteiger charge is 2.59. The summed E-state index contributed by atoms with van der Waals surface area (Å²) in [6.45, 7) is 4.00. The van der Waals surface area contributed by atoms with Crippen molar-refractivity contribution in [2.24, 2.45) is 5.41 Å². The van der Waals surface area contributed by atoms with Gasteiger partial charge in [0.25, 0.3) is 0 Å². The van der Waals surface area contributed by atoms with Gasteiger partial charge in [-0.25, -0.2) is 0 Å². The van der Waals surface area contributed by atoms with Crippen molar-refractivity contribution >= 4 is 12.1 Å². The van der Waals surface area contributed by atoms with E-state index in [1.807, 2.05) is 13.8 Å². The number of carbonyl (C=O) groups excluding carboxylic acids is 2. The highest BCUT2D eigenvalue weighted by Crippen LogP contribution is 2.61. The van der Waals surface area contributed by atoms with Gasteiger partial charge in [0.15, 0.2) is 0 Å². The minimum atomic E-state index is -0.643. The maximum absolute atomic E-state index is 11.2. The molecule has 1 aliphatic carbocycles. The Hall–Kier alpha value is -1.93. The van der Waals surface area contributed by atoms with Crippen molar-refractivity contribution in [3.05, 3.63) is 35.4 Å². The largest absolute Gasteiger partial charge is 0.481 e. The Kier molecular flexibility index (Phi) is 4.40. The first kappa shape index (κ1) is 14.1. The summed E-state index contributed by atoms with van der Waals surface area (Å²) in [6, 6.07) is 8.21. The molecule has 1 aromatic carbocycles. The molecular formula is C14H16O4. The maximum Gasteiger partial charge on any atom is 0.373 e. The number of aryl methyl sites for hydroxylation is 1. The molecule has 2 rings (SSSR count). The Morgan fingerprint density at radius 1 is 1.39 bits per heavy atom. The van der Waals surface area contributed by atoms with E-state index < -0.39 is 11.4 Å². The molecule has 0 bridgehead atoms. The van der Waals surface area contributed by atoms with Crippen LogP contribution in [-0.2, 0) is 14.4 Å². The topological polar surface area (TPSA) is 71.4 Å². The van der Waals surface area contributed by atoms with Crippen LogP contribution in [0.2, 0.25) is 0 Å². The summed E-state index contributed by atoms with van der Waals surface area (Å²) in [7, 11) is 0. The highest BCUT2D eigenvalue weighted by atomic mass is 16.4. The number of carboxylic acids is 1. The lowest BCUT2D eigenvalue weighted by atomic mass is 9.96. The van der Waals surface area contributed by atoms with Crippen LogP contribution < -0.4 is 0 Å². The van der Waals surface area contributed by atoms with E-state index in [0.29, 0.717) is 0 Å². The molecule has 0 spiro atoms. The molecule has 18 heavy (non-hydrogen) atoms. The molecule has 0 aliphatic heterocycles. The third-order valence-corrected chi connectivity index (χ3v) is 3.61. The number of hydrogen-bond acceptors (Lipinski definition) is 3. The van der Waals surface area contributed by atoms with E-state index in [-0.39, 0.29) is 12.1 Å². The third kappa shape index (κ3) is 2.66. The van der Waals surface area contributed by atoms with Crippen molar-refractivity contribution in [2.45, 2.75) is 32.6 Å². The summed E-state index contributed by atoms with van der Waals surface area (Å²) >= 11 is 0. The van der Waals surface area contributed by atoms with Gasteiger partial charge in [0, 0.05) is 5.92 Å². The zero-order chi connectivity index (χ0) is 13.8. The molecule has 1 fully saturated rings. The van der Waals surface area contributed by atoms with E-state index >= 15 is 0 Å². The smallest absolute Gasteiger partial charge is 0.373 e. The fourth-order valence-corrected chi connectivity index (χ4v) is 2.32. The van der Waals surface area contributed by atoms with Crippen LogP contribution in [-0.4, -0.2) is 17.2 Å². The van der Waals surface area contributed by atoms with Crippen molar-refractivity contribution < 1.29 is 19.5 Å². The summed E-state index contributed by atoms with van der Waals surface area (Å²) in [6.07, 6.45) is 1.77. The quantitative estimate of drug-likeness (QED) is 0.891. The molecule has 1 aromatic rings. The van der Waals surface area contributed by atoms with E-state index in [2.05, 4.69) is 24.3 Å². The van der Waals surface area contributed by atoms with Gasteiger partial charge in [-0.05, 0) is 25.3 Å². The van der Waals surface area contributed by atoms with Crippen molar-refractivity contribution in [2.75, 3.05) is 0 Å². The lowest BCUT2D eigenvalue weighted by Crippen LogP contribution is -2.15. The lowest BCUT2D eigenvalue weighted by molar-refractivity contribution is -0.191. The predicted molar refractivity (Wildman–Crippen MR) is 63.9 cm³/mol. The zero-order valence-electron chi connectivity index (χ0n) is 10.5. The van der Waals surface area contributed by atoms with Crippen LogP contribution in [0.4, 0.5) is 0 Å². The van der Waals surface area contributed by atoms with Crippen molar-refractivity contribution in [1.29, 1.82) is 0 Å². The normalized spacial score (nSPS) is 24.4. The number of rotatable bonds is 3. The highest BCUT2D eigenvalue weighted by molar-refractivity contribution is 5.80. The summed E-state index contributed by atoms with van der Waals surface area (Å²) in [4.78, 5) is 27.4. The Labute approximate surface area is 106 Å². The summed E-state index contributed by atoms with van der Waals surface area (Å²) in [5.74, 6) is -0.420. The van der Waals surface area contributed by atoms with Crippen LogP contribution in [0.15, 0.2) is 24.3 Å². The van der Waals surface area contributed by atoms with Crippen molar-refractivity contribution in [1.82, 2.24) is 0 Å². The minimum Gasteiger partial charge on any atom is -0.481 e. The van der Waals surface area contributed by atoms with Gasteiger partial charge in [0.05, 0.1) is 5.41 Å². The van der Waals surface area contributed by atoms with E-state index in [9.17, 15) is 9.90 Å². The van der Waals surface area contributed by atoms with Crippen LogP contribution in [0.5, 0.6) is 0 Å². The SMILES string of the molecule is CC[C@@]1(C(=O)O)C[C@@H]1c1ccc(C)cc1.O=C=O. The van der Waals surface area contributed by atoms with Gasteiger partial charge in [-0.3, -0.25) is 4.79 Å². The molecule has 4 heteroatoms. The molecule has 96 valence electrons. The van der Waals surface area contributed by atoms with Crippen LogP contribution in [0.1, 0.15) is 36.8 Å². The standard InChI is InChI=1S/C13H16O2.CO2/c1-3-13(12(14)15)8-11(13)10-6-4-9(2)5-7-10;2-1-3/h4-7,11H,3,8H2,1-2H3,(H,14,15);/t11-,13-;/m1./s1. The molecule has 2 atom stereocenters. The summed E-state index contributed by atoms with van der Waals surface area (Å²) in [5.41, 5.74) is 1.91. The van der Waals surface area contributed by atoms with E-state index in [4.69, 9.17) is 9.59 Å². The molecule has 1 saturated carbocycles. The molecule has 0 saturated heterocycles. The lowest BCUT2D eigenvalue weighted by Gasteiger charge is -2.09. The second kappa shape index (κ2) is 5.61. The molecule has 1 aliphatic rings. The Morgan fingerprint density at radius 3 is 2.22 bits per heavy atom. The Morgan fingerprint density at radius 2 is 1.89 bits per heavy atom. The second-order valence-electron chi connectivity index (χ2n) is 4.57.